The predicted octanol–water partition coefficient (Wildman–Crippen LogP) is 4.24. The molecule has 5 nitrogen and oxygen atoms in total. The summed E-state index contributed by atoms with van der Waals surface area (Å²) in [5.41, 5.74) is 2.98. The summed E-state index contributed by atoms with van der Waals surface area (Å²) in [6.07, 6.45) is 0.725. The zero-order chi connectivity index (χ0) is 19.8. The highest BCUT2D eigenvalue weighted by atomic mass is 16.5. The fourth-order valence-electron chi connectivity index (χ4n) is 2.65. The van der Waals surface area contributed by atoms with Crippen molar-refractivity contribution in [2.75, 3.05) is 11.9 Å². The van der Waals surface area contributed by atoms with E-state index in [4.69, 9.17) is 4.74 Å². The number of anilines is 1. The van der Waals surface area contributed by atoms with Crippen LogP contribution in [0.25, 0.3) is 0 Å². The molecule has 0 unspecified atom stereocenters. The zero-order valence-corrected chi connectivity index (χ0v) is 16.5. The average Bonchev–Trinajstić information content (AvgIpc) is 2.67. The third kappa shape index (κ3) is 5.58. The van der Waals surface area contributed by atoms with Gasteiger partial charge in [-0.3, -0.25) is 9.59 Å². The van der Waals surface area contributed by atoms with Crippen molar-refractivity contribution in [3.8, 4) is 5.75 Å². The van der Waals surface area contributed by atoms with Crippen molar-refractivity contribution >= 4 is 17.5 Å². The Morgan fingerprint density at radius 1 is 1.07 bits per heavy atom. The molecule has 2 aromatic carbocycles. The first kappa shape index (κ1) is 20.5. The van der Waals surface area contributed by atoms with Crippen LogP contribution in [0.1, 0.15) is 48.2 Å². The minimum absolute atomic E-state index is 0.198. The number of hydrogen-bond acceptors (Lipinski definition) is 3. The van der Waals surface area contributed by atoms with E-state index in [1.165, 1.54) is 0 Å². The van der Waals surface area contributed by atoms with E-state index in [1.54, 1.807) is 24.3 Å². The van der Waals surface area contributed by atoms with Crippen molar-refractivity contribution < 1.29 is 14.3 Å². The molecule has 0 heterocycles. The number of nitrogens with one attached hydrogen (secondary N) is 2. The number of hydrogen-bond donors (Lipinski definition) is 2. The zero-order valence-electron chi connectivity index (χ0n) is 16.5. The van der Waals surface area contributed by atoms with Crippen molar-refractivity contribution in [1.82, 2.24) is 5.32 Å². The Morgan fingerprint density at radius 3 is 2.52 bits per heavy atom. The molecule has 0 radical (unpaired) electrons. The molecule has 0 saturated carbocycles. The normalized spacial score (nSPS) is 11.6. The van der Waals surface area contributed by atoms with Gasteiger partial charge in [-0.15, -0.1) is 0 Å². The number of aryl methyl sites for hydroxylation is 2. The van der Waals surface area contributed by atoms with Crippen LogP contribution < -0.4 is 15.4 Å². The molecule has 2 amide bonds. The summed E-state index contributed by atoms with van der Waals surface area (Å²) in [6.45, 7) is 8.42. The first-order valence-corrected chi connectivity index (χ1v) is 9.38. The largest absolute Gasteiger partial charge is 0.480 e. The van der Waals surface area contributed by atoms with E-state index in [9.17, 15) is 9.59 Å². The van der Waals surface area contributed by atoms with Crippen LogP contribution in [0.2, 0.25) is 0 Å². The van der Waals surface area contributed by atoms with Crippen molar-refractivity contribution in [2.24, 2.45) is 0 Å². The number of carbonyl (C=O) groups excluding carboxylic acids is 2. The molecule has 0 spiro atoms. The maximum Gasteiger partial charge on any atom is 0.265 e. The van der Waals surface area contributed by atoms with Crippen LogP contribution >= 0.6 is 0 Å². The van der Waals surface area contributed by atoms with Crippen LogP contribution in [0.5, 0.6) is 5.75 Å². The van der Waals surface area contributed by atoms with E-state index in [-0.39, 0.29) is 11.8 Å². The molecular formula is C22H28N2O3. The summed E-state index contributed by atoms with van der Waals surface area (Å²) in [6, 6.07) is 12.9. The standard InChI is InChI=1S/C22H28N2O3/c1-5-13-23-21(25)17-9-7-8-10-18(17)24-22(26)19(6-2)27-20-14-15(3)11-12-16(20)4/h7-12,14,19H,5-6,13H2,1-4H3,(H,23,25)(H,24,26)/t19-/m1/s1. The van der Waals surface area contributed by atoms with Gasteiger partial charge in [0.05, 0.1) is 11.3 Å². The van der Waals surface area contributed by atoms with Crippen molar-refractivity contribution in [2.45, 2.75) is 46.6 Å². The van der Waals surface area contributed by atoms with E-state index >= 15 is 0 Å². The lowest BCUT2D eigenvalue weighted by Gasteiger charge is -2.20. The van der Waals surface area contributed by atoms with Gasteiger partial charge in [0.25, 0.3) is 11.8 Å². The molecular weight excluding hydrogens is 340 g/mol. The molecule has 0 saturated heterocycles. The maximum atomic E-state index is 12.8. The molecule has 144 valence electrons. The number of para-hydroxylation sites is 1. The lowest BCUT2D eigenvalue weighted by atomic mass is 10.1. The molecule has 2 N–H and O–H groups in total. The van der Waals surface area contributed by atoms with Gasteiger partial charge >= 0.3 is 0 Å². The summed E-state index contributed by atoms with van der Waals surface area (Å²) in [4.78, 5) is 25.1. The van der Waals surface area contributed by atoms with Gasteiger partial charge in [-0.2, -0.15) is 0 Å². The van der Waals surface area contributed by atoms with Crippen molar-refractivity contribution in [3.63, 3.8) is 0 Å². The molecule has 0 aliphatic heterocycles. The van der Waals surface area contributed by atoms with E-state index in [0.29, 0.717) is 30.0 Å². The van der Waals surface area contributed by atoms with Gasteiger partial charge in [-0.25, -0.2) is 0 Å². The Kier molecular flexibility index (Phi) is 7.41. The van der Waals surface area contributed by atoms with Crippen LogP contribution in [0.3, 0.4) is 0 Å². The topological polar surface area (TPSA) is 67.4 Å². The fraction of sp³-hybridized carbons (Fsp3) is 0.364. The third-order valence-electron chi connectivity index (χ3n) is 4.24. The van der Waals surface area contributed by atoms with Crippen LogP contribution in [0.15, 0.2) is 42.5 Å². The van der Waals surface area contributed by atoms with Gasteiger partial charge in [0, 0.05) is 6.54 Å². The lowest BCUT2D eigenvalue weighted by Crippen LogP contribution is -2.33. The minimum atomic E-state index is -0.641. The first-order chi connectivity index (χ1) is 13.0. The molecule has 5 heteroatoms. The maximum absolute atomic E-state index is 12.8. The molecule has 0 fully saturated rings. The van der Waals surface area contributed by atoms with E-state index in [0.717, 1.165) is 17.5 Å². The molecule has 0 aromatic heterocycles. The molecule has 27 heavy (non-hydrogen) atoms. The highest BCUT2D eigenvalue weighted by Crippen LogP contribution is 2.22. The lowest BCUT2D eigenvalue weighted by molar-refractivity contribution is -0.122. The van der Waals surface area contributed by atoms with Gasteiger partial charge in [-0.05, 0) is 56.0 Å². The monoisotopic (exact) mass is 368 g/mol. The molecule has 2 rings (SSSR count). The van der Waals surface area contributed by atoms with Crippen LogP contribution in [-0.2, 0) is 4.79 Å². The Bertz CT molecular complexity index is 802. The second-order valence-electron chi connectivity index (χ2n) is 6.57. The second-order valence-corrected chi connectivity index (χ2v) is 6.57. The number of rotatable bonds is 8. The highest BCUT2D eigenvalue weighted by Gasteiger charge is 2.21. The molecule has 2 aromatic rings. The Labute approximate surface area is 161 Å². The van der Waals surface area contributed by atoms with Gasteiger partial charge in [0.15, 0.2) is 6.10 Å². The van der Waals surface area contributed by atoms with Gasteiger partial charge in [0.1, 0.15) is 5.75 Å². The quantitative estimate of drug-likeness (QED) is 0.732. The fourth-order valence-corrected chi connectivity index (χ4v) is 2.65. The predicted molar refractivity (Wildman–Crippen MR) is 108 cm³/mol. The summed E-state index contributed by atoms with van der Waals surface area (Å²) < 4.78 is 5.96. The summed E-state index contributed by atoms with van der Waals surface area (Å²) in [7, 11) is 0. The van der Waals surface area contributed by atoms with Crippen molar-refractivity contribution in [1.29, 1.82) is 0 Å². The van der Waals surface area contributed by atoms with Crippen LogP contribution in [0.4, 0.5) is 5.69 Å². The minimum Gasteiger partial charge on any atom is -0.480 e. The van der Waals surface area contributed by atoms with Gasteiger partial charge in [-0.1, -0.05) is 38.1 Å². The average molecular weight is 368 g/mol. The number of amides is 2. The van der Waals surface area contributed by atoms with Gasteiger partial charge in [0.2, 0.25) is 0 Å². The molecule has 0 bridgehead atoms. The highest BCUT2D eigenvalue weighted by molar-refractivity contribution is 6.04. The van der Waals surface area contributed by atoms with E-state index in [1.807, 2.05) is 45.9 Å². The van der Waals surface area contributed by atoms with Crippen molar-refractivity contribution in [3.05, 3.63) is 59.2 Å². The van der Waals surface area contributed by atoms with E-state index in [2.05, 4.69) is 10.6 Å². The van der Waals surface area contributed by atoms with E-state index < -0.39 is 6.10 Å². The number of benzene rings is 2. The summed E-state index contributed by atoms with van der Waals surface area (Å²) in [5.74, 6) is 0.233. The van der Waals surface area contributed by atoms with Gasteiger partial charge < -0.3 is 15.4 Å². The third-order valence-corrected chi connectivity index (χ3v) is 4.24. The number of ether oxygens (including phenoxy) is 1. The Morgan fingerprint density at radius 2 is 1.81 bits per heavy atom. The number of carbonyl (C=O) groups is 2. The summed E-state index contributed by atoms with van der Waals surface area (Å²) in [5, 5.41) is 5.69. The SMILES string of the molecule is CCCNC(=O)c1ccccc1NC(=O)[C@@H](CC)Oc1cc(C)ccc1C. The molecule has 0 aliphatic rings. The first-order valence-electron chi connectivity index (χ1n) is 9.38. The summed E-state index contributed by atoms with van der Waals surface area (Å²) >= 11 is 0. The smallest absolute Gasteiger partial charge is 0.265 e. The molecule has 0 aliphatic carbocycles. The Hall–Kier alpha value is -2.82. The van der Waals surface area contributed by atoms with Crippen LogP contribution in [0, 0.1) is 13.8 Å². The molecule has 1 atom stereocenters. The Balaban J connectivity index is 2.15. The van der Waals surface area contributed by atoms with Crippen LogP contribution in [-0.4, -0.2) is 24.5 Å². The second kappa shape index (κ2) is 9.76.